The van der Waals surface area contributed by atoms with E-state index in [9.17, 15) is 8.42 Å². The van der Waals surface area contributed by atoms with Crippen molar-refractivity contribution in [3.63, 3.8) is 0 Å². The summed E-state index contributed by atoms with van der Waals surface area (Å²) in [4.78, 5) is 2.58. The first-order valence-corrected chi connectivity index (χ1v) is 8.29. The Morgan fingerprint density at radius 3 is 2.25 bits per heavy atom. The van der Waals surface area contributed by atoms with E-state index in [4.69, 9.17) is 0 Å². The molecule has 1 aliphatic rings. The second-order valence-corrected chi connectivity index (χ2v) is 6.69. The molecule has 2 rings (SSSR count). The Balaban J connectivity index is 1.98. The Hall–Kier alpha value is -1.15. The van der Waals surface area contributed by atoms with Crippen molar-refractivity contribution in [3.8, 4) is 0 Å². The van der Waals surface area contributed by atoms with Crippen molar-refractivity contribution in [2.24, 2.45) is 0 Å². The number of hydrogen-bond acceptors (Lipinski definition) is 5. The lowest BCUT2D eigenvalue weighted by Gasteiger charge is -2.33. The highest BCUT2D eigenvalue weighted by Gasteiger charge is 2.15. The van der Waals surface area contributed by atoms with Gasteiger partial charge in [-0.1, -0.05) is 6.92 Å². The van der Waals surface area contributed by atoms with E-state index in [1.54, 1.807) is 31.2 Å². The summed E-state index contributed by atoms with van der Waals surface area (Å²) in [5.41, 5.74) is 4.21. The third kappa shape index (κ3) is 3.92. The fraction of sp³-hybridized carbons (Fsp3) is 0.538. The summed E-state index contributed by atoms with van der Waals surface area (Å²) in [6.07, 6.45) is 0. The number of piperazine rings is 1. The van der Waals surface area contributed by atoms with E-state index in [1.165, 1.54) is 0 Å². The van der Waals surface area contributed by atoms with Gasteiger partial charge >= 0.3 is 0 Å². The predicted octanol–water partition coefficient (Wildman–Crippen LogP) is 0.559. The van der Waals surface area contributed by atoms with Crippen LogP contribution in [0.2, 0.25) is 0 Å². The van der Waals surface area contributed by atoms with Crippen molar-refractivity contribution >= 4 is 15.7 Å². The Labute approximate surface area is 120 Å². The standard InChI is InChI=1S/C13H22N4O2S/c1-3-14-20(18,19)13-6-4-12(5-7-13)15-17-10-8-16(2)9-11-17/h4-7,14-15H,3,8-11H2,1-2H3. The minimum atomic E-state index is -3.37. The number of benzene rings is 1. The Bertz CT molecular complexity index is 522. The molecule has 0 bridgehead atoms. The van der Waals surface area contributed by atoms with Gasteiger partial charge in [-0.2, -0.15) is 0 Å². The van der Waals surface area contributed by atoms with Crippen molar-refractivity contribution in [3.05, 3.63) is 24.3 Å². The zero-order valence-corrected chi connectivity index (χ0v) is 12.8. The van der Waals surface area contributed by atoms with Gasteiger partial charge in [-0.05, 0) is 31.3 Å². The monoisotopic (exact) mass is 298 g/mol. The molecule has 1 aliphatic heterocycles. The smallest absolute Gasteiger partial charge is 0.240 e. The Morgan fingerprint density at radius 1 is 1.10 bits per heavy atom. The van der Waals surface area contributed by atoms with Gasteiger partial charge in [0.1, 0.15) is 0 Å². The second-order valence-electron chi connectivity index (χ2n) is 4.93. The van der Waals surface area contributed by atoms with Gasteiger partial charge in [0.15, 0.2) is 0 Å². The maximum absolute atomic E-state index is 11.8. The lowest BCUT2D eigenvalue weighted by atomic mass is 10.3. The molecule has 1 saturated heterocycles. The summed E-state index contributed by atoms with van der Waals surface area (Å²) in [6.45, 7) is 6.12. The predicted molar refractivity (Wildman–Crippen MR) is 80.0 cm³/mol. The molecule has 0 amide bonds. The number of sulfonamides is 1. The third-order valence-corrected chi connectivity index (χ3v) is 4.85. The van der Waals surface area contributed by atoms with Crippen molar-refractivity contribution in [1.29, 1.82) is 0 Å². The molecule has 7 heteroatoms. The Morgan fingerprint density at radius 2 is 1.70 bits per heavy atom. The summed E-state index contributed by atoms with van der Waals surface area (Å²) < 4.78 is 26.1. The van der Waals surface area contributed by atoms with Crippen LogP contribution in [0, 0.1) is 0 Å². The van der Waals surface area contributed by atoms with Crippen molar-refractivity contribution in [2.75, 3.05) is 45.2 Å². The van der Waals surface area contributed by atoms with Crippen LogP contribution < -0.4 is 10.1 Å². The molecule has 0 atom stereocenters. The van der Waals surface area contributed by atoms with Crippen LogP contribution in [-0.2, 0) is 10.0 Å². The molecule has 1 aromatic rings. The summed E-state index contributed by atoms with van der Waals surface area (Å²) in [7, 11) is -1.26. The highest BCUT2D eigenvalue weighted by Crippen LogP contribution is 2.15. The van der Waals surface area contributed by atoms with Crippen LogP contribution in [0.5, 0.6) is 0 Å². The molecule has 0 radical (unpaired) electrons. The van der Waals surface area contributed by atoms with Crippen LogP contribution in [0.15, 0.2) is 29.2 Å². The minimum absolute atomic E-state index is 0.295. The van der Waals surface area contributed by atoms with Gasteiger partial charge in [0, 0.05) is 38.4 Å². The molecule has 0 spiro atoms. The molecule has 2 N–H and O–H groups in total. The highest BCUT2D eigenvalue weighted by atomic mass is 32.2. The van der Waals surface area contributed by atoms with Gasteiger partial charge in [-0.3, -0.25) is 0 Å². The number of rotatable bonds is 5. The number of hydrogen-bond donors (Lipinski definition) is 2. The quantitative estimate of drug-likeness (QED) is 0.831. The molecule has 0 aromatic heterocycles. The zero-order valence-electron chi connectivity index (χ0n) is 12.0. The van der Waals surface area contributed by atoms with E-state index in [0.29, 0.717) is 11.4 Å². The summed E-state index contributed by atoms with van der Waals surface area (Å²) in [6, 6.07) is 6.83. The van der Waals surface area contributed by atoms with Crippen molar-refractivity contribution in [1.82, 2.24) is 14.6 Å². The van der Waals surface area contributed by atoms with Crippen LogP contribution in [-0.4, -0.2) is 58.1 Å². The SMILES string of the molecule is CCNS(=O)(=O)c1ccc(NN2CCN(C)CC2)cc1. The number of likely N-dealkylation sites (N-methyl/N-ethyl adjacent to an activating group) is 1. The molecular weight excluding hydrogens is 276 g/mol. The zero-order chi connectivity index (χ0) is 14.6. The molecule has 20 heavy (non-hydrogen) atoms. The first-order chi connectivity index (χ1) is 9.51. The molecule has 1 fully saturated rings. The number of nitrogens with one attached hydrogen (secondary N) is 2. The molecule has 6 nitrogen and oxygen atoms in total. The fourth-order valence-corrected chi connectivity index (χ4v) is 3.12. The molecule has 1 heterocycles. The molecule has 1 aromatic carbocycles. The summed E-state index contributed by atoms with van der Waals surface area (Å²) >= 11 is 0. The molecule has 0 aliphatic carbocycles. The number of anilines is 1. The van der Waals surface area contributed by atoms with E-state index < -0.39 is 10.0 Å². The van der Waals surface area contributed by atoms with Gasteiger partial charge < -0.3 is 10.3 Å². The van der Waals surface area contributed by atoms with Gasteiger partial charge in [0.2, 0.25) is 10.0 Å². The highest BCUT2D eigenvalue weighted by molar-refractivity contribution is 7.89. The van der Waals surface area contributed by atoms with Gasteiger partial charge in [0.25, 0.3) is 0 Å². The second kappa shape index (κ2) is 6.53. The largest absolute Gasteiger partial charge is 0.319 e. The van der Waals surface area contributed by atoms with Crippen LogP contribution in [0.1, 0.15) is 6.92 Å². The summed E-state index contributed by atoms with van der Waals surface area (Å²) in [5, 5.41) is 2.15. The van der Waals surface area contributed by atoms with Crippen LogP contribution in [0.25, 0.3) is 0 Å². The van der Waals surface area contributed by atoms with E-state index in [2.05, 4.69) is 27.1 Å². The van der Waals surface area contributed by atoms with Crippen LogP contribution in [0.4, 0.5) is 5.69 Å². The normalized spacial score (nSPS) is 18.1. The van der Waals surface area contributed by atoms with Gasteiger partial charge in [-0.25, -0.2) is 18.1 Å². The van der Waals surface area contributed by atoms with E-state index in [-0.39, 0.29) is 0 Å². The van der Waals surface area contributed by atoms with Crippen LogP contribution >= 0.6 is 0 Å². The molecule has 0 saturated carbocycles. The maximum atomic E-state index is 11.8. The topological polar surface area (TPSA) is 64.7 Å². The van der Waals surface area contributed by atoms with E-state index >= 15 is 0 Å². The third-order valence-electron chi connectivity index (χ3n) is 3.29. The average Bonchev–Trinajstić information content (AvgIpc) is 2.42. The number of nitrogens with zero attached hydrogens (tertiary/aromatic N) is 2. The lowest BCUT2D eigenvalue weighted by Crippen LogP contribution is -2.46. The average molecular weight is 298 g/mol. The van der Waals surface area contributed by atoms with Crippen LogP contribution in [0.3, 0.4) is 0 Å². The van der Waals surface area contributed by atoms with Gasteiger partial charge in [-0.15, -0.1) is 0 Å². The molecule has 112 valence electrons. The first kappa shape index (κ1) is 15.2. The molecular formula is C13H22N4O2S. The number of hydrazine groups is 1. The lowest BCUT2D eigenvalue weighted by molar-refractivity contribution is 0.179. The van der Waals surface area contributed by atoms with E-state index in [1.807, 2.05) is 0 Å². The fourth-order valence-electron chi connectivity index (χ4n) is 2.08. The Kier molecular flexibility index (Phi) is 4.98. The van der Waals surface area contributed by atoms with E-state index in [0.717, 1.165) is 31.9 Å². The van der Waals surface area contributed by atoms with Crippen molar-refractivity contribution < 1.29 is 8.42 Å². The van der Waals surface area contributed by atoms with Crippen molar-refractivity contribution in [2.45, 2.75) is 11.8 Å². The minimum Gasteiger partial charge on any atom is -0.319 e. The first-order valence-electron chi connectivity index (χ1n) is 6.81. The summed E-state index contributed by atoms with van der Waals surface area (Å²) in [5.74, 6) is 0. The molecule has 0 unspecified atom stereocenters. The van der Waals surface area contributed by atoms with Gasteiger partial charge in [0.05, 0.1) is 4.90 Å². The maximum Gasteiger partial charge on any atom is 0.240 e.